The molecule has 1 aliphatic heterocycles. The van der Waals surface area contributed by atoms with E-state index < -0.39 is 29.7 Å². The molecule has 1 saturated heterocycles. The number of anilines is 1. The normalized spacial score (nSPS) is 21.8. The molecule has 1 fully saturated rings. The molecular weight excluding hydrogens is 380 g/mol. The van der Waals surface area contributed by atoms with E-state index in [1.807, 2.05) is 0 Å². The number of nitrogens with two attached hydrogens (primary N) is 1. The Morgan fingerprint density at radius 3 is 2.45 bits per heavy atom. The number of methoxy groups -OCH3 is 1. The number of benzene rings is 2. The van der Waals surface area contributed by atoms with Crippen LogP contribution < -0.4 is 20.7 Å². The van der Waals surface area contributed by atoms with Crippen LogP contribution in [0.1, 0.15) is 5.56 Å². The predicted octanol–water partition coefficient (Wildman–Crippen LogP) is 1.25. The second-order valence-corrected chi connectivity index (χ2v) is 6.42. The van der Waals surface area contributed by atoms with E-state index in [-0.39, 0.29) is 17.1 Å². The Morgan fingerprint density at radius 2 is 1.86 bits per heavy atom. The van der Waals surface area contributed by atoms with Crippen molar-refractivity contribution in [2.75, 3.05) is 19.1 Å². The van der Waals surface area contributed by atoms with Crippen molar-refractivity contribution in [3.05, 3.63) is 54.1 Å². The number of urea groups is 1. The molecule has 0 spiro atoms. The maximum absolute atomic E-state index is 13.3. The molecule has 0 radical (unpaired) electrons. The zero-order chi connectivity index (χ0) is 21.3. The summed E-state index contributed by atoms with van der Waals surface area (Å²) in [6.07, 6.45) is -3.07. The van der Waals surface area contributed by atoms with Crippen LogP contribution in [0.3, 0.4) is 0 Å². The van der Waals surface area contributed by atoms with E-state index in [1.54, 1.807) is 30.3 Å². The number of para-hydroxylation sites is 1. The lowest BCUT2D eigenvalue weighted by atomic mass is 9.82. The maximum Gasteiger partial charge on any atom is 0.405 e. The number of ether oxygens (including phenoxy) is 1. The number of hydrogen-bond donors (Lipinski definition) is 4. The zero-order valence-corrected chi connectivity index (χ0v) is 15.7. The van der Waals surface area contributed by atoms with E-state index in [4.69, 9.17) is 10.5 Å². The molecule has 0 aliphatic carbocycles. The van der Waals surface area contributed by atoms with Gasteiger partial charge in [-0.05, 0) is 30.3 Å². The minimum atomic E-state index is -2.19. The fourth-order valence-electron chi connectivity index (χ4n) is 3.41. The van der Waals surface area contributed by atoms with E-state index in [0.717, 1.165) is 9.80 Å². The number of amides is 4. The smallest absolute Gasteiger partial charge is 0.405 e. The largest absolute Gasteiger partial charge is 0.508 e. The molecule has 10 nitrogen and oxygen atoms in total. The van der Waals surface area contributed by atoms with Crippen LogP contribution in [0.15, 0.2) is 48.5 Å². The number of imide groups is 1. The number of phenols is 1. The molecule has 1 heterocycles. The molecular formula is C19H20N4O6. The van der Waals surface area contributed by atoms with E-state index in [0.29, 0.717) is 5.69 Å². The van der Waals surface area contributed by atoms with Gasteiger partial charge >= 0.3 is 12.1 Å². The van der Waals surface area contributed by atoms with Gasteiger partial charge in [-0.2, -0.15) is 0 Å². The van der Waals surface area contributed by atoms with Gasteiger partial charge in [0.15, 0.2) is 5.54 Å². The molecule has 1 aliphatic rings. The van der Waals surface area contributed by atoms with Crippen molar-refractivity contribution in [3.63, 3.8) is 0 Å². The summed E-state index contributed by atoms with van der Waals surface area (Å²) in [5, 5.41) is 22.1. The number of aromatic hydroxyl groups is 1. The van der Waals surface area contributed by atoms with Crippen molar-refractivity contribution in [2.45, 2.75) is 11.7 Å². The molecule has 5 N–H and O–H groups in total. The lowest BCUT2D eigenvalue weighted by Gasteiger charge is -2.49. The Kier molecular flexibility index (Phi) is 5.04. The number of likely N-dealkylation sites (N-methyl/N-ethyl adjacent to an activating group) is 1. The third-order valence-corrected chi connectivity index (χ3v) is 4.82. The standard InChI is InChI=1S/C19H20N4O6/c1-22-16(25)19(21-17(26)27,13-10-12(29-2)8-9-14(13)24)15(20)23(18(22)28)11-6-4-3-5-7-11/h3-10,15,21,24H,20H2,1-2H3,(H,26,27). The molecule has 0 aromatic heterocycles. The van der Waals surface area contributed by atoms with Crippen LogP contribution >= 0.6 is 0 Å². The Bertz CT molecular complexity index is 966. The Balaban J connectivity index is 2.30. The van der Waals surface area contributed by atoms with Crippen LogP contribution in [-0.4, -0.2) is 53.5 Å². The van der Waals surface area contributed by atoms with Gasteiger partial charge in [-0.25, -0.2) is 9.59 Å². The van der Waals surface area contributed by atoms with E-state index >= 15 is 0 Å². The highest BCUT2D eigenvalue weighted by Crippen LogP contribution is 2.40. The van der Waals surface area contributed by atoms with Crippen molar-refractivity contribution in [1.82, 2.24) is 10.2 Å². The lowest BCUT2D eigenvalue weighted by Crippen LogP contribution is -2.76. The first-order valence-corrected chi connectivity index (χ1v) is 8.54. The van der Waals surface area contributed by atoms with Crippen LogP contribution in [0, 0.1) is 0 Å². The van der Waals surface area contributed by atoms with Crippen molar-refractivity contribution < 1.29 is 29.3 Å². The van der Waals surface area contributed by atoms with Gasteiger partial charge in [0.2, 0.25) is 0 Å². The first-order valence-electron chi connectivity index (χ1n) is 8.54. The number of nitrogens with one attached hydrogen (secondary N) is 1. The van der Waals surface area contributed by atoms with Gasteiger partial charge in [0, 0.05) is 18.3 Å². The predicted molar refractivity (Wildman–Crippen MR) is 103 cm³/mol. The fourth-order valence-corrected chi connectivity index (χ4v) is 3.41. The van der Waals surface area contributed by atoms with Gasteiger partial charge in [-0.15, -0.1) is 0 Å². The van der Waals surface area contributed by atoms with E-state index in [1.165, 1.54) is 32.4 Å². The monoisotopic (exact) mass is 400 g/mol. The quantitative estimate of drug-likeness (QED) is 0.604. The molecule has 2 unspecified atom stereocenters. The third kappa shape index (κ3) is 3.09. The molecule has 2 aromatic rings. The van der Waals surface area contributed by atoms with Crippen molar-refractivity contribution >= 4 is 23.7 Å². The highest BCUT2D eigenvalue weighted by molar-refractivity contribution is 6.11. The average Bonchev–Trinajstić information content (AvgIpc) is 2.71. The minimum Gasteiger partial charge on any atom is -0.508 e. The highest BCUT2D eigenvalue weighted by Gasteiger charge is 2.59. The lowest BCUT2D eigenvalue weighted by molar-refractivity contribution is -0.137. The molecule has 29 heavy (non-hydrogen) atoms. The molecule has 0 saturated carbocycles. The van der Waals surface area contributed by atoms with Crippen molar-refractivity contribution in [2.24, 2.45) is 5.73 Å². The molecule has 0 bridgehead atoms. The van der Waals surface area contributed by atoms with Gasteiger partial charge < -0.3 is 20.7 Å². The van der Waals surface area contributed by atoms with Gasteiger partial charge in [-0.1, -0.05) is 18.2 Å². The van der Waals surface area contributed by atoms with Gasteiger partial charge in [0.05, 0.1) is 7.11 Å². The van der Waals surface area contributed by atoms with E-state index in [9.17, 15) is 24.6 Å². The number of carbonyl (C=O) groups excluding carboxylic acids is 2. The number of nitrogens with zero attached hydrogens (tertiary/aromatic N) is 2. The second-order valence-electron chi connectivity index (χ2n) is 6.42. The Morgan fingerprint density at radius 1 is 1.21 bits per heavy atom. The Hall–Kier alpha value is -3.79. The molecule has 2 atom stereocenters. The van der Waals surface area contributed by atoms with Crippen molar-refractivity contribution in [3.8, 4) is 11.5 Å². The average molecular weight is 400 g/mol. The van der Waals surface area contributed by atoms with Crippen LogP contribution in [0.25, 0.3) is 0 Å². The van der Waals surface area contributed by atoms with E-state index in [2.05, 4.69) is 5.32 Å². The summed E-state index contributed by atoms with van der Waals surface area (Å²) >= 11 is 0. The first kappa shape index (κ1) is 20.0. The number of hydrogen-bond acceptors (Lipinski definition) is 6. The number of carboxylic acid groups (broad SMARTS) is 1. The summed E-state index contributed by atoms with van der Waals surface area (Å²) in [6, 6.07) is 11.5. The van der Waals surface area contributed by atoms with Crippen molar-refractivity contribution in [1.29, 1.82) is 0 Å². The van der Waals surface area contributed by atoms with Gasteiger partial charge in [0.1, 0.15) is 17.7 Å². The van der Waals surface area contributed by atoms with Crippen LogP contribution in [0.4, 0.5) is 15.3 Å². The Labute approximate surface area is 166 Å². The first-order chi connectivity index (χ1) is 13.7. The zero-order valence-electron chi connectivity index (χ0n) is 15.7. The van der Waals surface area contributed by atoms with Crippen LogP contribution in [-0.2, 0) is 10.3 Å². The van der Waals surface area contributed by atoms with Gasteiger partial charge in [0.25, 0.3) is 5.91 Å². The molecule has 4 amide bonds. The minimum absolute atomic E-state index is 0.142. The highest BCUT2D eigenvalue weighted by atomic mass is 16.5. The second kappa shape index (κ2) is 7.32. The summed E-state index contributed by atoms with van der Waals surface area (Å²) < 4.78 is 5.15. The summed E-state index contributed by atoms with van der Waals surface area (Å²) in [4.78, 5) is 39.6. The summed E-state index contributed by atoms with van der Waals surface area (Å²) in [6.45, 7) is 0. The summed E-state index contributed by atoms with van der Waals surface area (Å²) in [7, 11) is 2.59. The number of phenolic OH excluding ortho intramolecular Hbond substituents is 1. The third-order valence-electron chi connectivity index (χ3n) is 4.82. The van der Waals surface area contributed by atoms with Gasteiger partial charge in [-0.3, -0.25) is 19.9 Å². The fraction of sp³-hybridized carbons (Fsp3) is 0.211. The molecule has 10 heteroatoms. The summed E-state index contributed by atoms with van der Waals surface area (Å²) in [5.74, 6) is -1.07. The summed E-state index contributed by atoms with van der Waals surface area (Å²) in [5.41, 5.74) is 4.37. The molecule has 2 aromatic carbocycles. The number of carbonyl (C=O) groups is 3. The SMILES string of the molecule is COc1ccc(O)c(C2(NC(=O)O)C(=O)N(C)C(=O)N(c3ccccc3)C2N)c1. The topological polar surface area (TPSA) is 145 Å². The molecule has 152 valence electrons. The van der Waals surface area contributed by atoms with Crippen LogP contribution in [0.2, 0.25) is 0 Å². The number of rotatable bonds is 4. The molecule has 3 rings (SSSR count). The maximum atomic E-state index is 13.3. The van der Waals surface area contributed by atoms with Crippen LogP contribution in [0.5, 0.6) is 11.5 Å².